The largest absolute Gasteiger partial charge is 0.399 e. The molecule has 0 fully saturated rings. The van der Waals surface area contributed by atoms with Crippen LogP contribution >= 0.6 is 0 Å². The highest BCUT2D eigenvalue weighted by Crippen LogP contribution is 2.12. The highest BCUT2D eigenvalue weighted by atomic mass is 16.2. The summed E-state index contributed by atoms with van der Waals surface area (Å²) in [5, 5.41) is 3.33. The van der Waals surface area contributed by atoms with Gasteiger partial charge in [-0.15, -0.1) is 0 Å². The summed E-state index contributed by atoms with van der Waals surface area (Å²) in [5.41, 5.74) is 9.17. The lowest BCUT2D eigenvalue weighted by Gasteiger charge is -2.31. The van der Waals surface area contributed by atoms with Gasteiger partial charge in [0.1, 0.15) is 0 Å². The van der Waals surface area contributed by atoms with Crippen LogP contribution in [0.4, 0.5) is 5.69 Å². The van der Waals surface area contributed by atoms with Crippen LogP contribution in [0, 0.1) is 0 Å². The average Bonchev–Trinajstić information content (AvgIpc) is 2.54. The van der Waals surface area contributed by atoms with Crippen molar-refractivity contribution in [1.29, 1.82) is 0 Å². The van der Waals surface area contributed by atoms with E-state index in [-0.39, 0.29) is 18.0 Å². The molecule has 0 heterocycles. The van der Waals surface area contributed by atoms with Crippen LogP contribution in [0.15, 0.2) is 60.3 Å². The van der Waals surface area contributed by atoms with E-state index in [0.29, 0.717) is 12.1 Å². The van der Waals surface area contributed by atoms with E-state index < -0.39 is 0 Å². The van der Waals surface area contributed by atoms with Gasteiger partial charge in [-0.2, -0.15) is 0 Å². The van der Waals surface area contributed by atoms with Crippen molar-refractivity contribution in [2.45, 2.75) is 53.2 Å². The quantitative estimate of drug-likeness (QED) is 0.426. The van der Waals surface area contributed by atoms with E-state index in [1.165, 1.54) is 0 Å². The van der Waals surface area contributed by atoms with E-state index in [4.69, 9.17) is 5.73 Å². The second-order valence-corrected chi connectivity index (χ2v) is 6.67. The Morgan fingerprint density at radius 1 is 1.16 bits per heavy atom. The van der Waals surface area contributed by atoms with Crippen LogP contribution in [0.25, 0.3) is 0 Å². The number of allylic oxidation sites excluding steroid dienone is 3. The zero-order chi connectivity index (χ0) is 19.0. The standard InChI is InChI=1S/C21H31N3O/c1-7-19(21(25)24(15(2)3)16(4)5)11-8-17(6)23-14-18-9-12-20(22)13-10-18/h7-13,15-16,23H,1,14,22H2,2-6H3/b17-8+,19-11+. The third-order valence-electron chi connectivity index (χ3n) is 3.88. The molecule has 0 radical (unpaired) electrons. The zero-order valence-electron chi connectivity index (χ0n) is 16.0. The number of anilines is 1. The molecule has 0 saturated carbocycles. The number of carbonyl (C=O) groups is 1. The molecular formula is C21H31N3O. The van der Waals surface area contributed by atoms with Crippen LogP contribution in [0.2, 0.25) is 0 Å². The average molecular weight is 341 g/mol. The number of carbonyl (C=O) groups excluding carboxylic acids is 1. The van der Waals surface area contributed by atoms with Crippen molar-refractivity contribution in [3.63, 3.8) is 0 Å². The van der Waals surface area contributed by atoms with Gasteiger partial charge in [0.15, 0.2) is 0 Å². The molecule has 0 aliphatic carbocycles. The van der Waals surface area contributed by atoms with Gasteiger partial charge in [0.25, 0.3) is 5.91 Å². The molecule has 1 aromatic carbocycles. The highest BCUT2D eigenvalue weighted by molar-refractivity contribution is 5.96. The fourth-order valence-electron chi connectivity index (χ4n) is 2.59. The molecule has 4 nitrogen and oxygen atoms in total. The van der Waals surface area contributed by atoms with Gasteiger partial charge in [-0.05, 0) is 64.5 Å². The van der Waals surface area contributed by atoms with E-state index in [1.807, 2.05) is 75.9 Å². The van der Waals surface area contributed by atoms with E-state index >= 15 is 0 Å². The molecule has 1 rings (SSSR count). The maximum Gasteiger partial charge on any atom is 0.254 e. The Balaban J connectivity index is 2.79. The normalized spacial score (nSPS) is 12.4. The molecular weight excluding hydrogens is 310 g/mol. The van der Waals surface area contributed by atoms with Gasteiger partial charge in [-0.25, -0.2) is 0 Å². The van der Waals surface area contributed by atoms with Crippen molar-refractivity contribution in [2.24, 2.45) is 0 Å². The summed E-state index contributed by atoms with van der Waals surface area (Å²) in [6, 6.07) is 8.04. The van der Waals surface area contributed by atoms with Crippen molar-refractivity contribution in [2.75, 3.05) is 5.73 Å². The Labute approximate surface area is 152 Å². The van der Waals surface area contributed by atoms with E-state index in [9.17, 15) is 4.79 Å². The molecule has 1 aromatic rings. The summed E-state index contributed by atoms with van der Waals surface area (Å²) < 4.78 is 0. The number of hydrogen-bond donors (Lipinski definition) is 2. The Bertz CT molecular complexity index is 632. The SMILES string of the molecule is C=C/C(=C\C=C(/C)NCc1ccc(N)cc1)C(=O)N(C(C)C)C(C)C. The smallest absolute Gasteiger partial charge is 0.254 e. The number of rotatable bonds is 8. The number of benzene rings is 1. The van der Waals surface area contributed by atoms with Gasteiger partial charge in [-0.1, -0.05) is 24.8 Å². The second-order valence-electron chi connectivity index (χ2n) is 6.67. The molecule has 0 unspecified atom stereocenters. The molecule has 1 amide bonds. The first-order valence-corrected chi connectivity index (χ1v) is 8.68. The Hall–Kier alpha value is -2.49. The lowest BCUT2D eigenvalue weighted by atomic mass is 10.1. The van der Waals surface area contributed by atoms with Crippen LogP contribution in [-0.2, 0) is 11.3 Å². The monoisotopic (exact) mass is 341 g/mol. The lowest BCUT2D eigenvalue weighted by molar-refractivity contribution is -0.130. The van der Waals surface area contributed by atoms with Crippen LogP contribution < -0.4 is 11.1 Å². The molecule has 0 spiro atoms. The Kier molecular flexibility index (Phi) is 7.99. The van der Waals surface area contributed by atoms with Crippen molar-refractivity contribution < 1.29 is 4.79 Å². The fourth-order valence-corrected chi connectivity index (χ4v) is 2.59. The van der Waals surface area contributed by atoms with Crippen LogP contribution in [0.5, 0.6) is 0 Å². The molecule has 25 heavy (non-hydrogen) atoms. The Morgan fingerprint density at radius 2 is 1.72 bits per heavy atom. The molecule has 0 aromatic heterocycles. The predicted molar refractivity (Wildman–Crippen MR) is 107 cm³/mol. The molecule has 0 bridgehead atoms. The highest BCUT2D eigenvalue weighted by Gasteiger charge is 2.21. The maximum absolute atomic E-state index is 12.7. The second kappa shape index (κ2) is 9.72. The summed E-state index contributed by atoms with van der Waals surface area (Å²) in [5.74, 6) is 0.00239. The number of nitrogens with one attached hydrogen (secondary N) is 1. The predicted octanol–water partition coefficient (Wildman–Crippen LogP) is 4.02. The minimum Gasteiger partial charge on any atom is -0.399 e. The maximum atomic E-state index is 12.7. The Morgan fingerprint density at radius 3 is 2.20 bits per heavy atom. The summed E-state index contributed by atoms with van der Waals surface area (Å²) in [4.78, 5) is 14.6. The summed E-state index contributed by atoms with van der Waals surface area (Å²) in [7, 11) is 0. The number of nitrogens with zero attached hydrogens (tertiary/aromatic N) is 1. The minimum absolute atomic E-state index is 0.00239. The number of hydrogen-bond acceptors (Lipinski definition) is 3. The summed E-state index contributed by atoms with van der Waals surface area (Å²) in [6.45, 7) is 14.6. The third-order valence-corrected chi connectivity index (χ3v) is 3.88. The van der Waals surface area contributed by atoms with E-state index in [1.54, 1.807) is 6.08 Å². The first-order valence-electron chi connectivity index (χ1n) is 8.68. The van der Waals surface area contributed by atoms with Crippen molar-refractivity contribution in [3.8, 4) is 0 Å². The van der Waals surface area contributed by atoms with Crippen LogP contribution in [-0.4, -0.2) is 22.9 Å². The van der Waals surface area contributed by atoms with Crippen LogP contribution in [0.1, 0.15) is 40.2 Å². The molecule has 0 aliphatic heterocycles. The minimum atomic E-state index is 0.00239. The van der Waals surface area contributed by atoms with Crippen LogP contribution in [0.3, 0.4) is 0 Å². The van der Waals surface area contributed by atoms with E-state index in [0.717, 1.165) is 16.9 Å². The number of nitrogen functional groups attached to an aromatic ring is 1. The van der Waals surface area contributed by atoms with Gasteiger partial charge < -0.3 is 16.0 Å². The van der Waals surface area contributed by atoms with Gasteiger partial charge in [0, 0.05) is 35.6 Å². The molecule has 4 heteroatoms. The summed E-state index contributed by atoms with van der Waals surface area (Å²) in [6.07, 6.45) is 5.34. The first-order chi connectivity index (χ1) is 11.8. The van der Waals surface area contributed by atoms with Crippen molar-refractivity contribution in [1.82, 2.24) is 10.2 Å². The van der Waals surface area contributed by atoms with E-state index in [2.05, 4.69) is 11.9 Å². The molecule has 0 aliphatic rings. The first kappa shape index (κ1) is 20.6. The topological polar surface area (TPSA) is 58.4 Å². The molecule has 0 saturated heterocycles. The molecule has 3 N–H and O–H groups in total. The zero-order valence-corrected chi connectivity index (χ0v) is 16.0. The van der Waals surface area contributed by atoms with Gasteiger partial charge in [0.2, 0.25) is 0 Å². The fraction of sp³-hybridized carbons (Fsp3) is 0.381. The lowest BCUT2D eigenvalue weighted by Crippen LogP contribution is -2.42. The number of amides is 1. The molecule has 0 atom stereocenters. The third kappa shape index (κ3) is 6.49. The van der Waals surface area contributed by atoms with Gasteiger partial charge >= 0.3 is 0 Å². The number of nitrogens with two attached hydrogens (primary N) is 1. The van der Waals surface area contributed by atoms with Crippen molar-refractivity contribution in [3.05, 3.63) is 65.9 Å². The van der Waals surface area contributed by atoms with Crippen molar-refractivity contribution >= 4 is 11.6 Å². The van der Waals surface area contributed by atoms with Gasteiger partial charge in [0.05, 0.1) is 0 Å². The summed E-state index contributed by atoms with van der Waals surface area (Å²) >= 11 is 0. The molecule has 136 valence electrons. The van der Waals surface area contributed by atoms with Gasteiger partial charge in [-0.3, -0.25) is 4.79 Å².